The predicted molar refractivity (Wildman–Crippen MR) is 117 cm³/mol. The summed E-state index contributed by atoms with van der Waals surface area (Å²) in [4.78, 5) is 2.14. The van der Waals surface area contributed by atoms with Crippen LogP contribution in [0.1, 0.15) is 23.6 Å². The van der Waals surface area contributed by atoms with E-state index < -0.39 is 0 Å². The zero-order valence-corrected chi connectivity index (χ0v) is 17.0. The normalized spacial score (nSPS) is 10.8. The average molecular weight is 385 g/mol. The van der Waals surface area contributed by atoms with Crippen LogP contribution < -0.4 is 10.2 Å². The minimum Gasteiger partial charge on any atom is -0.395 e. The first-order valence-electron chi connectivity index (χ1n) is 9.11. The molecular formula is C21H28N4OS. The van der Waals surface area contributed by atoms with Crippen molar-refractivity contribution < 1.29 is 5.11 Å². The first kappa shape index (κ1) is 20.9. The van der Waals surface area contributed by atoms with Crippen molar-refractivity contribution in [3.63, 3.8) is 0 Å². The number of likely N-dealkylation sites (N-methyl/N-ethyl adjacent to an activating group) is 1. The van der Waals surface area contributed by atoms with Gasteiger partial charge in [-0.2, -0.15) is 5.10 Å². The largest absolute Gasteiger partial charge is 0.395 e. The molecule has 0 bridgehead atoms. The van der Waals surface area contributed by atoms with Crippen LogP contribution in [0.4, 0.5) is 5.69 Å². The minimum absolute atomic E-state index is 0.147. The maximum absolute atomic E-state index is 9.18. The number of rotatable bonds is 8. The topological polar surface area (TPSA) is 51.1 Å². The predicted octanol–water partition coefficient (Wildman–Crippen LogP) is 3.15. The summed E-state index contributed by atoms with van der Waals surface area (Å²) in [5.74, 6) is 0. The molecule has 0 aliphatic rings. The number of benzene rings is 2. The second kappa shape index (κ2) is 10.6. The number of hydrogen-bond acceptors (Lipinski definition) is 4. The highest BCUT2D eigenvalue weighted by Gasteiger charge is 2.06. The van der Waals surface area contributed by atoms with Gasteiger partial charge in [0, 0.05) is 32.4 Å². The van der Waals surface area contributed by atoms with Crippen molar-refractivity contribution in [2.45, 2.75) is 20.4 Å². The fourth-order valence-corrected chi connectivity index (χ4v) is 2.80. The minimum atomic E-state index is 0.147. The van der Waals surface area contributed by atoms with E-state index in [1.807, 2.05) is 37.5 Å². The lowest BCUT2D eigenvalue weighted by Gasteiger charge is -2.22. The van der Waals surface area contributed by atoms with Crippen molar-refractivity contribution >= 4 is 29.2 Å². The Morgan fingerprint density at radius 2 is 1.96 bits per heavy atom. The number of aryl methyl sites for hydroxylation is 1. The van der Waals surface area contributed by atoms with E-state index in [0.717, 1.165) is 23.4 Å². The fourth-order valence-electron chi connectivity index (χ4n) is 2.68. The number of aliphatic hydroxyl groups is 1. The van der Waals surface area contributed by atoms with Crippen molar-refractivity contribution in [1.29, 1.82) is 0 Å². The van der Waals surface area contributed by atoms with Crippen LogP contribution in [0.2, 0.25) is 0 Å². The Bertz CT molecular complexity index is 764. The van der Waals surface area contributed by atoms with E-state index in [0.29, 0.717) is 18.2 Å². The monoisotopic (exact) mass is 384 g/mol. The molecule has 0 aliphatic heterocycles. The summed E-state index contributed by atoms with van der Waals surface area (Å²) in [5.41, 5.74) is 4.45. The highest BCUT2D eigenvalue weighted by atomic mass is 32.1. The molecule has 0 fully saturated rings. The van der Waals surface area contributed by atoms with Gasteiger partial charge >= 0.3 is 0 Å². The molecule has 0 radical (unpaired) electrons. The van der Waals surface area contributed by atoms with Gasteiger partial charge in [0.25, 0.3) is 0 Å². The lowest BCUT2D eigenvalue weighted by atomic mass is 10.1. The van der Waals surface area contributed by atoms with Gasteiger partial charge in [-0.15, -0.1) is 0 Å². The molecule has 2 N–H and O–H groups in total. The van der Waals surface area contributed by atoms with Gasteiger partial charge in [-0.3, -0.25) is 0 Å². The van der Waals surface area contributed by atoms with Crippen molar-refractivity contribution in [2.75, 3.05) is 31.6 Å². The van der Waals surface area contributed by atoms with Crippen molar-refractivity contribution in [1.82, 2.24) is 10.3 Å². The van der Waals surface area contributed by atoms with Gasteiger partial charge in [-0.05, 0) is 54.9 Å². The SMILES string of the molecule is CCN(CCO)c1ccc(/C=N\N(C)C(=S)NCc2ccccc2)c(C)c1. The summed E-state index contributed by atoms with van der Waals surface area (Å²) < 4.78 is 0. The van der Waals surface area contributed by atoms with Crippen molar-refractivity contribution in [2.24, 2.45) is 5.10 Å². The smallest absolute Gasteiger partial charge is 0.189 e. The average Bonchev–Trinajstić information content (AvgIpc) is 2.69. The molecule has 2 rings (SSSR count). The van der Waals surface area contributed by atoms with Crippen LogP contribution >= 0.6 is 12.2 Å². The van der Waals surface area contributed by atoms with Crippen LogP contribution in [-0.4, -0.2) is 48.2 Å². The first-order valence-corrected chi connectivity index (χ1v) is 9.52. The van der Waals surface area contributed by atoms with Crippen LogP contribution in [0.25, 0.3) is 0 Å². The Balaban J connectivity index is 1.96. The Morgan fingerprint density at radius 1 is 1.22 bits per heavy atom. The molecule has 144 valence electrons. The Morgan fingerprint density at radius 3 is 2.59 bits per heavy atom. The summed E-state index contributed by atoms with van der Waals surface area (Å²) in [6.45, 7) is 6.45. The molecule has 0 aliphatic carbocycles. The van der Waals surface area contributed by atoms with E-state index in [2.05, 4.69) is 53.4 Å². The summed E-state index contributed by atoms with van der Waals surface area (Å²) in [6, 6.07) is 16.3. The van der Waals surface area contributed by atoms with Crippen LogP contribution in [0.5, 0.6) is 0 Å². The highest BCUT2D eigenvalue weighted by Crippen LogP contribution is 2.18. The van der Waals surface area contributed by atoms with Gasteiger partial charge < -0.3 is 15.3 Å². The molecule has 0 heterocycles. The third-order valence-corrected chi connectivity index (χ3v) is 4.73. The second-order valence-electron chi connectivity index (χ2n) is 6.26. The molecule has 2 aromatic rings. The van der Waals surface area contributed by atoms with E-state index in [-0.39, 0.29) is 6.61 Å². The number of hydrogen-bond donors (Lipinski definition) is 2. The van der Waals surface area contributed by atoms with Crippen LogP contribution in [0, 0.1) is 6.92 Å². The molecule has 0 saturated heterocycles. The van der Waals surface area contributed by atoms with E-state index in [1.165, 1.54) is 5.56 Å². The lowest BCUT2D eigenvalue weighted by Crippen LogP contribution is -2.33. The third-order valence-electron chi connectivity index (χ3n) is 4.32. The zero-order chi connectivity index (χ0) is 19.6. The van der Waals surface area contributed by atoms with Crippen molar-refractivity contribution in [3.8, 4) is 0 Å². The fraction of sp³-hybridized carbons (Fsp3) is 0.333. The van der Waals surface area contributed by atoms with Gasteiger partial charge in [-0.25, -0.2) is 5.01 Å². The molecule has 5 nitrogen and oxygen atoms in total. The number of thiocarbonyl (C=S) groups is 1. The summed E-state index contributed by atoms with van der Waals surface area (Å²) in [6.07, 6.45) is 1.82. The standard InChI is InChI=1S/C21H28N4OS/c1-4-25(12-13-26)20-11-10-19(17(2)14-20)16-23-24(3)21(27)22-15-18-8-6-5-7-9-18/h5-11,14,16,26H,4,12-13,15H2,1-3H3,(H,22,27)/b23-16-. The molecule has 27 heavy (non-hydrogen) atoms. The van der Waals surface area contributed by atoms with Gasteiger partial charge in [-0.1, -0.05) is 36.4 Å². The molecule has 0 spiro atoms. The number of nitrogens with one attached hydrogen (secondary N) is 1. The van der Waals surface area contributed by atoms with E-state index in [4.69, 9.17) is 12.2 Å². The number of anilines is 1. The third kappa shape index (κ3) is 6.34. The molecule has 2 aromatic carbocycles. The zero-order valence-electron chi connectivity index (χ0n) is 16.2. The van der Waals surface area contributed by atoms with Gasteiger partial charge in [0.05, 0.1) is 12.8 Å². The summed E-state index contributed by atoms with van der Waals surface area (Å²) in [5, 5.41) is 19.1. The van der Waals surface area contributed by atoms with Gasteiger partial charge in [0.2, 0.25) is 0 Å². The second-order valence-corrected chi connectivity index (χ2v) is 6.64. The first-order chi connectivity index (χ1) is 13.0. The number of hydrazone groups is 1. The molecule has 0 aromatic heterocycles. The van der Waals surface area contributed by atoms with Gasteiger partial charge in [0.1, 0.15) is 0 Å². The van der Waals surface area contributed by atoms with Crippen LogP contribution in [-0.2, 0) is 6.54 Å². The Kier molecular flexibility index (Phi) is 8.23. The van der Waals surface area contributed by atoms with Gasteiger partial charge in [0.15, 0.2) is 5.11 Å². The van der Waals surface area contributed by atoms with Crippen LogP contribution in [0.3, 0.4) is 0 Å². The summed E-state index contributed by atoms with van der Waals surface area (Å²) in [7, 11) is 1.83. The number of nitrogens with zero attached hydrogens (tertiary/aromatic N) is 3. The van der Waals surface area contributed by atoms with E-state index in [1.54, 1.807) is 5.01 Å². The quantitative estimate of drug-likeness (QED) is 0.416. The Labute approximate surface area is 167 Å². The maximum Gasteiger partial charge on any atom is 0.189 e. The van der Waals surface area contributed by atoms with Crippen molar-refractivity contribution in [3.05, 3.63) is 65.2 Å². The highest BCUT2D eigenvalue weighted by molar-refractivity contribution is 7.80. The van der Waals surface area contributed by atoms with E-state index >= 15 is 0 Å². The Hall–Kier alpha value is -2.44. The lowest BCUT2D eigenvalue weighted by molar-refractivity contribution is 0.302. The molecule has 0 unspecified atom stereocenters. The molecular weight excluding hydrogens is 356 g/mol. The molecule has 0 saturated carbocycles. The number of aliphatic hydroxyl groups excluding tert-OH is 1. The molecule has 0 atom stereocenters. The van der Waals surface area contributed by atoms with Crippen LogP contribution in [0.15, 0.2) is 53.6 Å². The maximum atomic E-state index is 9.18. The van der Waals surface area contributed by atoms with E-state index in [9.17, 15) is 5.11 Å². The molecule has 6 heteroatoms. The molecule has 0 amide bonds. The summed E-state index contributed by atoms with van der Waals surface area (Å²) >= 11 is 5.39.